The highest BCUT2D eigenvalue weighted by Gasteiger charge is 2.04. The number of hydrogen-bond donors (Lipinski definition) is 2. The molecule has 3 N–H and O–H groups in total. The van der Waals surface area contributed by atoms with Gasteiger partial charge >= 0.3 is 5.96 Å². The first-order chi connectivity index (χ1) is 4.86. The van der Waals surface area contributed by atoms with Crippen molar-refractivity contribution in [1.82, 2.24) is 15.0 Å². The number of rotatable bonds is 0. The Morgan fingerprint density at radius 3 is 3.40 bits per heavy atom. The Bertz CT molecular complexity index is 384. The predicted molar refractivity (Wildman–Crippen MR) is 35.2 cm³/mol. The Hall–Kier alpha value is -1.65. The van der Waals surface area contributed by atoms with Crippen molar-refractivity contribution in [2.75, 3.05) is 0 Å². The summed E-state index contributed by atoms with van der Waals surface area (Å²) in [6, 6.07) is 0. The molecule has 0 saturated heterocycles. The first-order valence-corrected chi connectivity index (χ1v) is 2.78. The fourth-order valence-corrected chi connectivity index (χ4v) is 0.749. The summed E-state index contributed by atoms with van der Waals surface area (Å²) >= 11 is 0. The van der Waals surface area contributed by atoms with E-state index in [2.05, 4.69) is 20.0 Å². The molecular formula is C5H5N5+. The Morgan fingerprint density at radius 2 is 2.50 bits per heavy atom. The van der Waals surface area contributed by atoms with Gasteiger partial charge in [0.15, 0.2) is 6.33 Å². The lowest BCUT2D eigenvalue weighted by Crippen LogP contribution is -2.38. The molecule has 1 aliphatic rings. The summed E-state index contributed by atoms with van der Waals surface area (Å²) < 4.78 is 0. The number of H-pyrrole nitrogens is 1. The summed E-state index contributed by atoms with van der Waals surface area (Å²) in [6.45, 7) is 0. The van der Waals surface area contributed by atoms with Gasteiger partial charge in [-0.15, -0.1) is 9.98 Å². The minimum Gasteiger partial charge on any atom is -0.329 e. The number of nitrogens with zero attached hydrogens (tertiary/aromatic N) is 3. The zero-order valence-electron chi connectivity index (χ0n) is 5.07. The molecule has 2 rings (SSSR count). The molecule has 2 heterocycles. The number of imidazole rings is 1. The topological polar surface area (TPSA) is 81.2 Å². The van der Waals surface area contributed by atoms with Gasteiger partial charge in [-0.05, 0) is 0 Å². The van der Waals surface area contributed by atoms with Crippen LogP contribution in [0.15, 0.2) is 11.3 Å². The van der Waals surface area contributed by atoms with E-state index >= 15 is 0 Å². The normalized spacial score (nSPS) is 14.6. The molecule has 10 heavy (non-hydrogen) atoms. The van der Waals surface area contributed by atoms with Gasteiger partial charge in [-0.25, -0.2) is 0 Å². The van der Waals surface area contributed by atoms with E-state index in [0.29, 0.717) is 5.49 Å². The second-order valence-corrected chi connectivity index (χ2v) is 1.87. The van der Waals surface area contributed by atoms with Gasteiger partial charge in [-0.2, -0.15) is 0 Å². The van der Waals surface area contributed by atoms with Crippen LogP contribution in [0.2, 0.25) is 0 Å². The zero-order chi connectivity index (χ0) is 6.97. The van der Waals surface area contributed by atoms with Gasteiger partial charge in [-0.1, -0.05) is 4.99 Å². The highest BCUT2D eigenvalue weighted by atomic mass is 15.1. The Kier molecular flexibility index (Phi) is 0.858. The van der Waals surface area contributed by atoms with Gasteiger partial charge in [0, 0.05) is 0 Å². The molecule has 5 heteroatoms. The van der Waals surface area contributed by atoms with Crippen LogP contribution in [-0.2, 0) is 0 Å². The Morgan fingerprint density at radius 1 is 1.60 bits per heavy atom. The number of aromatic nitrogens is 2. The molecule has 0 spiro atoms. The summed E-state index contributed by atoms with van der Waals surface area (Å²) in [7, 11) is 0. The van der Waals surface area contributed by atoms with Crippen molar-refractivity contribution in [2.45, 2.75) is 0 Å². The van der Waals surface area contributed by atoms with Crippen molar-refractivity contribution >= 4 is 12.2 Å². The largest absolute Gasteiger partial charge is 0.376 e. The Balaban J connectivity index is 2.85. The summed E-state index contributed by atoms with van der Waals surface area (Å²) in [5.74, 6) is 0.250. The fraction of sp³-hybridized carbons (Fsp3) is 0. The third-order valence-electron chi connectivity index (χ3n) is 1.19. The van der Waals surface area contributed by atoms with Crippen LogP contribution in [0.3, 0.4) is 0 Å². The summed E-state index contributed by atoms with van der Waals surface area (Å²) in [6.07, 6.45) is 3.16. The van der Waals surface area contributed by atoms with E-state index in [1.165, 1.54) is 0 Å². The first-order valence-electron chi connectivity index (χ1n) is 2.78. The van der Waals surface area contributed by atoms with Gasteiger partial charge in [0.2, 0.25) is 0 Å². The van der Waals surface area contributed by atoms with E-state index in [0.717, 1.165) is 5.35 Å². The molecule has 1 aromatic rings. The third-order valence-corrected chi connectivity index (χ3v) is 1.19. The molecule has 0 fully saturated rings. The van der Waals surface area contributed by atoms with Crippen LogP contribution in [0.25, 0.3) is 6.20 Å². The second kappa shape index (κ2) is 1.66. The quantitative estimate of drug-likeness (QED) is 0.410. The van der Waals surface area contributed by atoms with E-state index in [1.54, 1.807) is 12.5 Å². The molecule has 1 radical (unpaired) electrons. The van der Waals surface area contributed by atoms with Gasteiger partial charge in [0.1, 0.15) is 11.5 Å². The molecule has 0 unspecified atom stereocenters. The molecule has 1 aromatic heterocycles. The molecule has 0 saturated carbocycles. The van der Waals surface area contributed by atoms with Crippen LogP contribution in [-0.4, -0.2) is 15.9 Å². The van der Waals surface area contributed by atoms with Crippen molar-refractivity contribution in [2.24, 2.45) is 10.7 Å². The maximum Gasteiger partial charge on any atom is 0.376 e. The van der Waals surface area contributed by atoms with E-state index < -0.39 is 0 Å². The van der Waals surface area contributed by atoms with Gasteiger partial charge in [0.05, 0.1) is 0 Å². The average Bonchev–Trinajstić information content (AvgIpc) is 2.33. The van der Waals surface area contributed by atoms with Crippen LogP contribution in [0.5, 0.6) is 0 Å². The highest BCUT2D eigenvalue weighted by molar-refractivity contribution is 5.79. The molecule has 1 aliphatic heterocycles. The van der Waals surface area contributed by atoms with Crippen molar-refractivity contribution in [3.05, 3.63) is 17.2 Å². The number of aliphatic imine (C=N–C) groups is 1. The molecule has 0 atom stereocenters. The van der Waals surface area contributed by atoms with Crippen LogP contribution >= 0.6 is 0 Å². The molecule has 0 aliphatic carbocycles. The van der Waals surface area contributed by atoms with Gasteiger partial charge < -0.3 is 10.7 Å². The minimum absolute atomic E-state index is 0.250. The smallest absolute Gasteiger partial charge is 0.329 e. The average molecular weight is 135 g/mol. The third kappa shape index (κ3) is 0.604. The lowest BCUT2D eigenvalue weighted by Gasteiger charge is -1.79. The maximum atomic E-state index is 5.31. The van der Waals surface area contributed by atoms with Gasteiger partial charge in [-0.3, -0.25) is 0 Å². The number of nitrogens with two attached hydrogens (primary N) is 1. The standard InChI is InChI=1S/C5H5N5/c6-5-7-1-3-4(10-5)9-2-8-3/h1-2H,(H2,6,7)(H,8,9)/q+1. The minimum atomic E-state index is 0.250. The maximum absolute atomic E-state index is 5.31. The number of fused-ring (bicyclic) bond motifs is 1. The van der Waals surface area contributed by atoms with Crippen LogP contribution in [0, 0.1) is 0 Å². The molecule has 5 nitrogen and oxygen atoms in total. The lowest BCUT2D eigenvalue weighted by atomic mass is 10.6. The fourth-order valence-electron chi connectivity index (χ4n) is 0.749. The summed E-state index contributed by atoms with van der Waals surface area (Å²) in [5.41, 5.74) is 5.91. The van der Waals surface area contributed by atoms with Crippen LogP contribution in [0.1, 0.15) is 0 Å². The summed E-state index contributed by atoms with van der Waals surface area (Å²) in [4.78, 5) is 14.4. The summed E-state index contributed by atoms with van der Waals surface area (Å²) in [5, 5.41) is 0.800. The molecule has 0 bridgehead atoms. The number of aromatic amines is 1. The molecule has 49 valence electrons. The molecule has 0 aromatic carbocycles. The number of nitrogens with one attached hydrogen (secondary N) is 1. The predicted octanol–water partition coefficient (Wildman–Crippen LogP) is -2.57. The second-order valence-electron chi connectivity index (χ2n) is 1.87. The first kappa shape index (κ1) is 5.16. The van der Waals surface area contributed by atoms with Crippen LogP contribution < -0.4 is 21.6 Å². The lowest BCUT2D eigenvalue weighted by molar-refractivity contribution is 1.09. The Labute approximate surface area is 56.0 Å². The van der Waals surface area contributed by atoms with E-state index in [1.807, 2.05) is 0 Å². The van der Waals surface area contributed by atoms with E-state index in [-0.39, 0.29) is 5.96 Å². The monoisotopic (exact) mass is 135 g/mol. The van der Waals surface area contributed by atoms with Crippen molar-refractivity contribution in [3.8, 4) is 0 Å². The SMILES string of the molecule is NC1=NC=c2[nH]cnc2=[N+]1. The van der Waals surface area contributed by atoms with Crippen LogP contribution in [0.4, 0.5) is 0 Å². The number of guanidine groups is 1. The van der Waals surface area contributed by atoms with Gasteiger partial charge in [0.25, 0.3) is 5.49 Å². The van der Waals surface area contributed by atoms with Crippen molar-refractivity contribution in [1.29, 1.82) is 0 Å². The van der Waals surface area contributed by atoms with E-state index in [9.17, 15) is 0 Å². The van der Waals surface area contributed by atoms with Crippen molar-refractivity contribution < 1.29 is 0 Å². The van der Waals surface area contributed by atoms with E-state index in [4.69, 9.17) is 5.73 Å². The molecule has 0 amide bonds. The zero-order valence-corrected chi connectivity index (χ0v) is 5.07. The van der Waals surface area contributed by atoms with Crippen molar-refractivity contribution in [3.63, 3.8) is 0 Å². The molecular weight excluding hydrogens is 130 g/mol. The number of hydrogen-bond acceptors (Lipinski definition) is 4. The highest BCUT2D eigenvalue weighted by Crippen LogP contribution is 1.69.